The van der Waals surface area contributed by atoms with E-state index >= 15 is 0 Å². The lowest BCUT2D eigenvalue weighted by molar-refractivity contribution is -0.145. The van der Waals surface area contributed by atoms with Gasteiger partial charge in [-0.3, -0.25) is 4.79 Å². The zero-order chi connectivity index (χ0) is 21.5. The molecule has 1 amide bonds. The number of ether oxygens (including phenoxy) is 3. The van der Waals surface area contributed by atoms with Crippen molar-refractivity contribution in [1.29, 1.82) is 0 Å². The number of anilines is 1. The first kappa shape index (κ1) is 20.9. The van der Waals surface area contributed by atoms with E-state index in [0.717, 1.165) is 0 Å². The average Bonchev–Trinajstić information content (AvgIpc) is 2.86. The van der Waals surface area contributed by atoms with Gasteiger partial charge in [0.1, 0.15) is 22.3 Å². The minimum Gasteiger partial charge on any atom is -0.462 e. The number of fused-ring (bicyclic) bond motifs is 2. The largest absolute Gasteiger partial charge is 0.462 e. The van der Waals surface area contributed by atoms with Gasteiger partial charge in [0.25, 0.3) is 0 Å². The first-order valence-corrected chi connectivity index (χ1v) is 9.82. The van der Waals surface area contributed by atoms with Gasteiger partial charge in [0.15, 0.2) is 0 Å². The summed E-state index contributed by atoms with van der Waals surface area (Å²) >= 11 is 3.38. The summed E-state index contributed by atoms with van der Waals surface area (Å²) in [6.45, 7) is 6.54. The summed E-state index contributed by atoms with van der Waals surface area (Å²) in [4.78, 5) is 39.4. The highest BCUT2D eigenvalue weighted by Crippen LogP contribution is 2.53. The fourth-order valence-corrected chi connectivity index (χ4v) is 4.00. The molecule has 3 rings (SSSR count). The molecule has 2 aliphatic rings. The minimum absolute atomic E-state index is 0.0730. The van der Waals surface area contributed by atoms with Crippen LogP contribution >= 0.6 is 15.9 Å². The van der Waals surface area contributed by atoms with E-state index in [-0.39, 0.29) is 29.4 Å². The lowest BCUT2D eigenvalue weighted by Gasteiger charge is -2.35. The number of hydrogen-bond donors (Lipinski definition) is 2. The van der Waals surface area contributed by atoms with Crippen LogP contribution in [0.4, 0.5) is 5.69 Å². The molecule has 1 aromatic rings. The van der Waals surface area contributed by atoms with Crippen LogP contribution in [0.2, 0.25) is 0 Å². The first-order chi connectivity index (χ1) is 13.6. The molecule has 3 N–H and O–H groups in total. The number of carbonyl (C=O) groups excluding carboxylic acids is 3. The molecule has 154 valence electrons. The van der Waals surface area contributed by atoms with Gasteiger partial charge in [-0.05, 0) is 45.9 Å². The van der Waals surface area contributed by atoms with Crippen LogP contribution in [0.1, 0.15) is 33.3 Å². The van der Waals surface area contributed by atoms with Crippen LogP contribution in [0.5, 0.6) is 0 Å². The fourth-order valence-electron chi connectivity index (χ4n) is 3.64. The molecular formula is C20H21BrN2O6. The van der Waals surface area contributed by atoms with Crippen LogP contribution in [0.3, 0.4) is 0 Å². The van der Waals surface area contributed by atoms with Crippen molar-refractivity contribution in [1.82, 2.24) is 0 Å². The number of benzene rings is 1. The second kappa shape index (κ2) is 7.55. The van der Waals surface area contributed by atoms with Gasteiger partial charge in [-0.2, -0.15) is 0 Å². The Morgan fingerprint density at radius 2 is 1.97 bits per heavy atom. The van der Waals surface area contributed by atoms with Crippen LogP contribution in [0.15, 0.2) is 45.5 Å². The highest BCUT2D eigenvalue weighted by Gasteiger charge is 2.61. The Morgan fingerprint density at radius 1 is 1.28 bits per heavy atom. The summed E-state index contributed by atoms with van der Waals surface area (Å²) < 4.78 is 16.7. The molecule has 0 unspecified atom stereocenters. The molecule has 0 radical (unpaired) electrons. The topological polar surface area (TPSA) is 117 Å². The number of nitrogens with one attached hydrogen (secondary N) is 1. The third kappa shape index (κ3) is 3.19. The number of halogens is 1. The van der Waals surface area contributed by atoms with E-state index in [9.17, 15) is 14.4 Å². The Hall–Kier alpha value is -2.81. The second-order valence-corrected chi connectivity index (χ2v) is 7.76. The van der Waals surface area contributed by atoms with Gasteiger partial charge in [0.05, 0.1) is 12.7 Å². The molecule has 1 aromatic carbocycles. The summed E-state index contributed by atoms with van der Waals surface area (Å²) in [5.41, 5.74) is 4.67. The molecule has 8 nitrogen and oxygen atoms in total. The maximum Gasteiger partial charge on any atom is 0.341 e. The highest BCUT2D eigenvalue weighted by atomic mass is 79.9. The standard InChI is InChI=1S/C20H21BrN2O6/c1-5-27-17(24)14-10(4)29-16(22)15(18(25)28-9(2)3)20(14)12-8-11(21)6-7-13(12)23-19(20)26/h6-9H,5,22H2,1-4H3,(H,23,26)/t20-/m0/s1. The van der Waals surface area contributed by atoms with Crippen LogP contribution in [0, 0.1) is 0 Å². The smallest absolute Gasteiger partial charge is 0.341 e. The highest BCUT2D eigenvalue weighted by molar-refractivity contribution is 9.10. The Labute approximate surface area is 176 Å². The molecule has 1 atom stereocenters. The number of esters is 2. The number of amides is 1. The van der Waals surface area contributed by atoms with Gasteiger partial charge >= 0.3 is 11.9 Å². The summed E-state index contributed by atoms with van der Waals surface area (Å²) in [5.74, 6) is -2.48. The van der Waals surface area contributed by atoms with Gasteiger partial charge < -0.3 is 25.3 Å². The van der Waals surface area contributed by atoms with Gasteiger partial charge in [-0.15, -0.1) is 0 Å². The van der Waals surface area contributed by atoms with E-state index in [1.165, 1.54) is 6.92 Å². The minimum atomic E-state index is -1.86. The SMILES string of the molecule is CCOC(=O)C1=C(C)OC(N)=C(C(=O)OC(C)C)[C@@]12C(=O)Nc1ccc(Br)cc12. The zero-order valence-corrected chi connectivity index (χ0v) is 18.0. The molecule has 2 heterocycles. The molecule has 0 aliphatic carbocycles. The average molecular weight is 465 g/mol. The van der Waals surface area contributed by atoms with E-state index in [4.69, 9.17) is 19.9 Å². The molecule has 0 aromatic heterocycles. The number of rotatable bonds is 4. The first-order valence-electron chi connectivity index (χ1n) is 9.03. The van der Waals surface area contributed by atoms with E-state index in [2.05, 4.69) is 21.2 Å². The molecule has 0 fully saturated rings. The van der Waals surface area contributed by atoms with Crippen molar-refractivity contribution >= 4 is 39.5 Å². The molecule has 2 aliphatic heterocycles. The number of allylic oxidation sites excluding steroid dienone is 1. The van der Waals surface area contributed by atoms with Gasteiger partial charge in [-0.25, -0.2) is 9.59 Å². The lowest BCUT2D eigenvalue weighted by atomic mass is 9.67. The third-order valence-electron chi connectivity index (χ3n) is 4.61. The van der Waals surface area contributed by atoms with Crippen molar-refractivity contribution in [2.45, 2.75) is 39.2 Å². The van der Waals surface area contributed by atoms with Crippen LogP contribution in [0.25, 0.3) is 0 Å². The van der Waals surface area contributed by atoms with Crippen molar-refractivity contribution in [3.05, 3.63) is 51.0 Å². The van der Waals surface area contributed by atoms with Crippen molar-refractivity contribution in [2.75, 3.05) is 11.9 Å². The van der Waals surface area contributed by atoms with Crippen molar-refractivity contribution in [3.63, 3.8) is 0 Å². The molecule has 29 heavy (non-hydrogen) atoms. The monoisotopic (exact) mass is 464 g/mol. The predicted octanol–water partition coefficient (Wildman–Crippen LogP) is 2.63. The molecule has 0 saturated heterocycles. The molecule has 0 saturated carbocycles. The quantitative estimate of drug-likeness (QED) is 0.657. The molecule has 1 spiro atoms. The summed E-state index contributed by atoms with van der Waals surface area (Å²) in [5, 5.41) is 2.74. The molecular weight excluding hydrogens is 444 g/mol. The maximum atomic E-state index is 13.4. The zero-order valence-electron chi connectivity index (χ0n) is 16.4. The van der Waals surface area contributed by atoms with Crippen molar-refractivity contribution in [2.24, 2.45) is 5.73 Å². The van der Waals surface area contributed by atoms with Crippen molar-refractivity contribution in [3.8, 4) is 0 Å². The van der Waals surface area contributed by atoms with Gasteiger partial charge in [0.2, 0.25) is 11.8 Å². The van der Waals surface area contributed by atoms with E-state index in [1.807, 2.05) is 0 Å². The Morgan fingerprint density at radius 3 is 2.59 bits per heavy atom. The summed E-state index contributed by atoms with van der Waals surface area (Å²) in [6.07, 6.45) is -0.482. The normalized spacial score (nSPS) is 20.6. The summed E-state index contributed by atoms with van der Waals surface area (Å²) in [7, 11) is 0. The second-order valence-electron chi connectivity index (χ2n) is 6.84. The van der Waals surface area contributed by atoms with Crippen LogP contribution in [-0.2, 0) is 34.0 Å². The number of nitrogens with two attached hydrogens (primary N) is 1. The Balaban J connectivity index is 2.38. The van der Waals surface area contributed by atoms with Crippen LogP contribution < -0.4 is 11.1 Å². The predicted molar refractivity (Wildman–Crippen MR) is 107 cm³/mol. The van der Waals surface area contributed by atoms with E-state index in [0.29, 0.717) is 15.7 Å². The third-order valence-corrected chi connectivity index (χ3v) is 5.11. The molecule has 9 heteroatoms. The Bertz CT molecular complexity index is 981. The maximum absolute atomic E-state index is 13.4. The molecule has 0 bridgehead atoms. The fraction of sp³-hybridized carbons (Fsp3) is 0.350. The van der Waals surface area contributed by atoms with Crippen molar-refractivity contribution < 1.29 is 28.6 Å². The lowest BCUT2D eigenvalue weighted by Crippen LogP contribution is -2.48. The summed E-state index contributed by atoms with van der Waals surface area (Å²) in [6, 6.07) is 5.06. The van der Waals surface area contributed by atoms with E-state index in [1.54, 1.807) is 39.0 Å². The van der Waals surface area contributed by atoms with Gasteiger partial charge in [-0.1, -0.05) is 15.9 Å². The van der Waals surface area contributed by atoms with Crippen LogP contribution in [-0.4, -0.2) is 30.6 Å². The van der Waals surface area contributed by atoms with E-state index < -0.39 is 29.4 Å². The number of carbonyl (C=O) groups is 3. The van der Waals surface area contributed by atoms with Gasteiger partial charge in [0, 0.05) is 15.7 Å². The number of hydrogen-bond acceptors (Lipinski definition) is 7. The Kier molecular flexibility index (Phi) is 5.44.